The third kappa shape index (κ3) is 3.02. The molecule has 2 nitrogen and oxygen atoms in total. The summed E-state index contributed by atoms with van der Waals surface area (Å²) in [6.45, 7) is 4.78. The summed E-state index contributed by atoms with van der Waals surface area (Å²) < 4.78 is 0. The summed E-state index contributed by atoms with van der Waals surface area (Å²) in [5, 5.41) is 3.33. The SMILES string of the molecule is CCCCNC1=C(C(C)=O)CCC=C1. The lowest BCUT2D eigenvalue weighted by Gasteiger charge is -2.15. The van der Waals surface area contributed by atoms with Crippen LogP contribution in [-0.2, 0) is 4.79 Å². The first-order valence-corrected chi connectivity index (χ1v) is 5.40. The fraction of sp³-hybridized carbons (Fsp3) is 0.583. The van der Waals surface area contributed by atoms with Crippen LogP contribution in [0.25, 0.3) is 0 Å². The van der Waals surface area contributed by atoms with Gasteiger partial charge in [0.05, 0.1) is 0 Å². The molecule has 14 heavy (non-hydrogen) atoms. The summed E-state index contributed by atoms with van der Waals surface area (Å²) in [5.41, 5.74) is 2.00. The molecule has 0 atom stereocenters. The van der Waals surface area contributed by atoms with Gasteiger partial charge in [-0.3, -0.25) is 4.79 Å². The number of rotatable bonds is 5. The number of hydrogen-bond acceptors (Lipinski definition) is 2. The Hall–Kier alpha value is -1.05. The van der Waals surface area contributed by atoms with Crippen LogP contribution < -0.4 is 5.32 Å². The molecule has 0 spiro atoms. The van der Waals surface area contributed by atoms with Crippen molar-refractivity contribution in [2.24, 2.45) is 0 Å². The molecule has 1 aliphatic carbocycles. The van der Waals surface area contributed by atoms with Crippen molar-refractivity contribution in [1.29, 1.82) is 0 Å². The van der Waals surface area contributed by atoms with Crippen molar-refractivity contribution in [3.05, 3.63) is 23.4 Å². The van der Waals surface area contributed by atoms with E-state index < -0.39 is 0 Å². The number of carbonyl (C=O) groups is 1. The molecule has 1 rings (SSSR count). The average molecular weight is 193 g/mol. The van der Waals surface area contributed by atoms with E-state index in [1.807, 2.05) is 6.08 Å². The smallest absolute Gasteiger partial charge is 0.157 e. The van der Waals surface area contributed by atoms with Gasteiger partial charge in [-0.2, -0.15) is 0 Å². The Bertz CT molecular complexity index is 263. The van der Waals surface area contributed by atoms with E-state index in [4.69, 9.17) is 0 Å². The third-order valence-corrected chi connectivity index (χ3v) is 2.44. The van der Waals surface area contributed by atoms with Gasteiger partial charge in [0.15, 0.2) is 5.78 Å². The van der Waals surface area contributed by atoms with Crippen LogP contribution in [0.1, 0.15) is 39.5 Å². The highest BCUT2D eigenvalue weighted by atomic mass is 16.1. The van der Waals surface area contributed by atoms with E-state index >= 15 is 0 Å². The zero-order valence-electron chi connectivity index (χ0n) is 9.10. The van der Waals surface area contributed by atoms with E-state index in [0.29, 0.717) is 0 Å². The van der Waals surface area contributed by atoms with Crippen molar-refractivity contribution in [3.8, 4) is 0 Å². The third-order valence-electron chi connectivity index (χ3n) is 2.44. The molecule has 0 bridgehead atoms. The summed E-state index contributed by atoms with van der Waals surface area (Å²) in [6.07, 6.45) is 8.38. The summed E-state index contributed by atoms with van der Waals surface area (Å²) >= 11 is 0. The zero-order valence-corrected chi connectivity index (χ0v) is 9.10. The highest BCUT2D eigenvalue weighted by Crippen LogP contribution is 2.17. The van der Waals surface area contributed by atoms with Crippen LogP contribution in [-0.4, -0.2) is 12.3 Å². The molecule has 0 saturated carbocycles. The topological polar surface area (TPSA) is 29.1 Å². The lowest BCUT2D eigenvalue weighted by molar-refractivity contribution is -0.113. The van der Waals surface area contributed by atoms with Crippen LogP contribution in [0.2, 0.25) is 0 Å². The fourth-order valence-corrected chi connectivity index (χ4v) is 1.60. The molecule has 0 unspecified atom stereocenters. The fourth-order valence-electron chi connectivity index (χ4n) is 1.60. The molecule has 0 fully saturated rings. The standard InChI is InChI=1S/C12H19NO/c1-3-4-9-13-12-8-6-5-7-11(12)10(2)14/h6,8,13H,3-5,7,9H2,1-2H3. The van der Waals surface area contributed by atoms with Crippen molar-refractivity contribution in [1.82, 2.24) is 5.32 Å². The summed E-state index contributed by atoms with van der Waals surface area (Å²) in [4.78, 5) is 11.3. The van der Waals surface area contributed by atoms with Crippen molar-refractivity contribution in [3.63, 3.8) is 0 Å². The monoisotopic (exact) mass is 193 g/mol. The second-order valence-electron chi connectivity index (χ2n) is 3.67. The van der Waals surface area contributed by atoms with Crippen molar-refractivity contribution in [2.45, 2.75) is 39.5 Å². The van der Waals surface area contributed by atoms with Crippen LogP contribution in [0.5, 0.6) is 0 Å². The number of hydrogen-bond donors (Lipinski definition) is 1. The van der Waals surface area contributed by atoms with Crippen LogP contribution >= 0.6 is 0 Å². The first-order chi connectivity index (χ1) is 6.75. The number of unbranched alkanes of at least 4 members (excludes halogenated alkanes) is 1. The maximum atomic E-state index is 11.3. The normalized spacial score (nSPS) is 15.9. The quantitative estimate of drug-likeness (QED) is 0.680. The van der Waals surface area contributed by atoms with Gasteiger partial charge in [0.2, 0.25) is 0 Å². The van der Waals surface area contributed by atoms with Gasteiger partial charge >= 0.3 is 0 Å². The van der Waals surface area contributed by atoms with Crippen molar-refractivity contribution >= 4 is 5.78 Å². The van der Waals surface area contributed by atoms with Crippen molar-refractivity contribution in [2.75, 3.05) is 6.54 Å². The molecular formula is C12H19NO. The first-order valence-electron chi connectivity index (χ1n) is 5.40. The van der Waals surface area contributed by atoms with Crippen LogP contribution in [0.15, 0.2) is 23.4 Å². The van der Waals surface area contributed by atoms with Gasteiger partial charge in [0.25, 0.3) is 0 Å². The zero-order chi connectivity index (χ0) is 10.4. The second-order valence-corrected chi connectivity index (χ2v) is 3.67. The van der Waals surface area contributed by atoms with E-state index in [0.717, 1.165) is 37.1 Å². The minimum atomic E-state index is 0.202. The molecule has 0 aromatic rings. The van der Waals surface area contributed by atoms with Gasteiger partial charge in [-0.25, -0.2) is 0 Å². The Balaban J connectivity index is 2.60. The Morgan fingerprint density at radius 1 is 1.57 bits per heavy atom. The summed E-state index contributed by atoms with van der Waals surface area (Å²) in [6, 6.07) is 0. The molecular weight excluding hydrogens is 174 g/mol. The maximum absolute atomic E-state index is 11.3. The minimum absolute atomic E-state index is 0.202. The molecule has 78 valence electrons. The Morgan fingerprint density at radius 2 is 2.36 bits per heavy atom. The van der Waals surface area contributed by atoms with Gasteiger partial charge in [-0.05, 0) is 32.3 Å². The van der Waals surface area contributed by atoms with Crippen LogP contribution in [0.4, 0.5) is 0 Å². The largest absolute Gasteiger partial charge is 0.385 e. The average Bonchev–Trinajstić information content (AvgIpc) is 2.19. The molecule has 0 heterocycles. The Morgan fingerprint density at radius 3 is 3.00 bits per heavy atom. The number of allylic oxidation sites excluding steroid dienone is 3. The Labute approximate surface area is 86.1 Å². The van der Waals surface area contributed by atoms with Crippen LogP contribution in [0, 0.1) is 0 Å². The van der Waals surface area contributed by atoms with Gasteiger partial charge in [0.1, 0.15) is 0 Å². The van der Waals surface area contributed by atoms with E-state index in [-0.39, 0.29) is 5.78 Å². The summed E-state index contributed by atoms with van der Waals surface area (Å²) in [7, 11) is 0. The van der Waals surface area contributed by atoms with Gasteiger partial charge in [-0.1, -0.05) is 19.4 Å². The number of nitrogens with one attached hydrogen (secondary N) is 1. The molecule has 0 aliphatic heterocycles. The maximum Gasteiger partial charge on any atom is 0.157 e. The van der Waals surface area contributed by atoms with E-state index in [2.05, 4.69) is 18.3 Å². The molecule has 0 aromatic heterocycles. The molecule has 1 N–H and O–H groups in total. The highest BCUT2D eigenvalue weighted by Gasteiger charge is 2.11. The number of Topliss-reactive ketones (excluding diaryl/α,β-unsaturated/α-hetero) is 1. The minimum Gasteiger partial charge on any atom is -0.385 e. The number of carbonyl (C=O) groups excluding carboxylic acids is 1. The molecule has 0 radical (unpaired) electrons. The lowest BCUT2D eigenvalue weighted by Crippen LogP contribution is -2.19. The predicted octanol–water partition coefficient (Wildman–Crippen LogP) is 2.57. The molecule has 0 amide bonds. The van der Waals surface area contributed by atoms with Gasteiger partial charge in [-0.15, -0.1) is 0 Å². The highest BCUT2D eigenvalue weighted by molar-refractivity contribution is 5.94. The molecule has 2 heteroatoms. The van der Waals surface area contributed by atoms with Gasteiger partial charge in [0, 0.05) is 17.8 Å². The van der Waals surface area contributed by atoms with Crippen LogP contribution in [0.3, 0.4) is 0 Å². The van der Waals surface area contributed by atoms with E-state index in [1.54, 1.807) is 6.92 Å². The summed E-state index contributed by atoms with van der Waals surface area (Å²) in [5.74, 6) is 0.202. The van der Waals surface area contributed by atoms with Gasteiger partial charge < -0.3 is 5.32 Å². The first kappa shape index (κ1) is 11.0. The van der Waals surface area contributed by atoms with Crippen molar-refractivity contribution < 1.29 is 4.79 Å². The predicted molar refractivity (Wildman–Crippen MR) is 59.0 cm³/mol. The second kappa shape index (κ2) is 5.63. The molecule has 1 aliphatic rings. The Kier molecular flexibility index (Phi) is 4.44. The number of ketones is 1. The molecule has 0 aromatic carbocycles. The van der Waals surface area contributed by atoms with E-state index in [1.165, 1.54) is 6.42 Å². The molecule has 0 saturated heterocycles. The lowest BCUT2D eigenvalue weighted by atomic mass is 9.99. The van der Waals surface area contributed by atoms with E-state index in [9.17, 15) is 4.79 Å².